The molecule has 2 bridgehead atoms. The van der Waals surface area contributed by atoms with Crippen LogP contribution in [0, 0.1) is 29.6 Å². The first-order valence-corrected chi connectivity index (χ1v) is 18.7. The number of benzene rings is 3. The van der Waals surface area contributed by atoms with E-state index < -0.39 is 47.2 Å². The fourth-order valence-corrected chi connectivity index (χ4v) is 11.8. The van der Waals surface area contributed by atoms with Crippen LogP contribution in [0.1, 0.15) is 28.3 Å². The second-order valence-electron chi connectivity index (χ2n) is 12.7. The molecule has 0 radical (unpaired) electrons. The van der Waals surface area contributed by atoms with Crippen LogP contribution in [0.15, 0.2) is 75.0 Å². The summed E-state index contributed by atoms with van der Waals surface area (Å²) in [5.74, 6) is -3.67. The number of hydrogen-bond donors (Lipinski definition) is 2. The van der Waals surface area contributed by atoms with Crippen molar-refractivity contribution in [2.75, 3.05) is 16.8 Å². The monoisotopic (exact) mass is 823 g/mol. The van der Waals surface area contributed by atoms with Gasteiger partial charge >= 0.3 is 11.0 Å². The number of hydrogen-bond acceptors (Lipinski definition) is 7. The first-order chi connectivity index (χ1) is 23.8. The molecule has 0 spiro atoms. The van der Waals surface area contributed by atoms with Crippen LogP contribution in [-0.2, 0) is 20.6 Å². The third-order valence-corrected chi connectivity index (χ3v) is 13.8. The standard InChI is InChI=1S/C34H23BrCl2F3N3O5S2/c35-14-4-7-22(48-12-23(44)41-15-5-6-20(36)21(37)10-15)17(9-14)24-25-18-11-19(28(25)49-30-29(24)50-33(47)42-30)27-26(18)31(45)43(32(27)46)16-3-1-2-13(8-16)34(38,39)40/h1-10,18-19,24-28H,11-12H2,(H,41,44)(H,42,47)/t18-,19-,24-,25?,26?,27?,28?/m1/s1. The van der Waals surface area contributed by atoms with Gasteiger partial charge in [0.25, 0.3) is 5.91 Å². The van der Waals surface area contributed by atoms with Crippen molar-refractivity contribution in [3.8, 4) is 5.75 Å². The van der Waals surface area contributed by atoms with E-state index in [-0.39, 0.29) is 45.2 Å². The van der Waals surface area contributed by atoms with Crippen LogP contribution >= 0.6 is 62.2 Å². The summed E-state index contributed by atoms with van der Waals surface area (Å²) in [7, 11) is 0. The number of ether oxygens (including phenoxy) is 1. The topological polar surface area (TPSA) is 109 Å². The SMILES string of the molecule is O=C(COc1ccc(Br)cc1[C@H]1c2sc(=O)[nH]c2SC2C1[C@H]1C[C@@H]2C2C(=O)N(c3cccc(C(F)(F)F)c3)C(=O)C21)Nc1ccc(Cl)c(Cl)c1. The van der Waals surface area contributed by atoms with Gasteiger partial charge in [-0.15, -0.1) is 11.8 Å². The van der Waals surface area contributed by atoms with Gasteiger partial charge in [-0.25, -0.2) is 0 Å². The number of anilines is 2. The summed E-state index contributed by atoms with van der Waals surface area (Å²) in [4.78, 5) is 58.1. The van der Waals surface area contributed by atoms with E-state index in [0.717, 1.165) is 37.7 Å². The van der Waals surface area contributed by atoms with E-state index >= 15 is 0 Å². The summed E-state index contributed by atoms with van der Waals surface area (Å²) < 4.78 is 47.6. The number of carbonyl (C=O) groups excluding carboxylic acids is 3. The molecule has 3 heterocycles. The molecule has 4 aromatic rings. The van der Waals surface area contributed by atoms with Gasteiger partial charge in [0.15, 0.2) is 6.61 Å². The summed E-state index contributed by atoms with van der Waals surface area (Å²) >= 11 is 18.2. The van der Waals surface area contributed by atoms with Crippen molar-refractivity contribution in [1.29, 1.82) is 0 Å². The molecular weight excluding hydrogens is 802 g/mol. The number of aromatic amines is 1. The molecule has 8 nitrogen and oxygen atoms in total. The first kappa shape index (κ1) is 33.8. The number of alkyl halides is 3. The van der Waals surface area contributed by atoms with Crippen LogP contribution in [0.4, 0.5) is 24.5 Å². The number of carbonyl (C=O) groups is 3. The van der Waals surface area contributed by atoms with Gasteiger partial charge in [0.2, 0.25) is 11.8 Å². The molecule has 3 aromatic carbocycles. The molecule has 4 aliphatic rings. The molecule has 258 valence electrons. The van der Waals surface area contributed by atoms with Crippen LogP contribution in [0.3, 0.4) is 0 Å². The van der Waals surface area contributed by atoms with Crippen LogP contribution < -0.4 is 19.8 Å². The molecule has 2 saturated carbocycles. The molecule has 2 aliphatic carbocycles. The van der Waals surface area contributed by atoms with E-state index in [1.807, 2.05) is 6.07 Å². The summed E-state index contributed by atoms with van der Waals surface area (Å²) in [6.07, 6.45) is -4.06. The quantitative estimate of drug-likeness (QED) is 0.190. The predicted molar refractivity (Wildman–Crippen MR) is 187 cm³/mol. The molecule has 16 heteroatoms. The number of nitrogens with one attached hydrogen (secondary N) is 2. The predicted octanol–water partition coefficient (Wildman–Crippen LogP) is 8.22. The number of H-pyrrole nitrogens is 1. The van der Waals surface area contributed by atoms with Crippen molar-refractivity contribution in [1.82, 2.24) is 4.98 Å². The fourth-order valence-electron chi connectivity index (χ4n) is 8.25. The Kier molecular flexibility index (Phi) is 8.41. The van der Waals surface area contributed by atoms with E-state index in [2.05, 4.69) is 26.2 Å². The minimum absolute atomic E-state index is 0.0962. The number of nitrogens with zero attached hydrogens (tertiary/aromatic N) is 1. The lowest BCUT2D eigenvalue weighted by Gasteiger charge is -2.43. The van der Waals surface area contributed by atoms with E-state index in [4.69, 9.17) is 27.9 Å². The highest BCUT2D eigenvalue weighted by atomic mass is 79.9. The zero-order valence-electron chi connectivity index (χ0n) is 25.3. The second-order valence-corrected chi connectivity index (χ2v) is 16.6. The summed E-state index contributed by atoms with van der Waals surface area (Å²) in [5.41, 5.74) is 0.0933. The second kappa shape index (κ2) is 12.4. The highest BCUT2D eigenvalue weighted by molar-refractivity contribution is 9.10. The zero-order valence-corrected chi connectivity index (χ0v) is 30.0. The maximum Gasteiger partial charge on any atom is 0.416 e. The Morgan fingerprint density at radius 3 is 2.50 bits per heavy atom. The van der Waals surface area contributed by atoms with Gasteiger partial charge in [-0.05, 0) is 78.8 Å². The number of imide groups is 1. The van der Waals surface area contributed by atoms with Crippen LogP contribution in [-0.4, -0.2) is 34.6 Å². The fraction of sp³-hybridized carbons (Fsp3) is 0.294. The lowest BCUT2D eigenvalue weighted by molar-refractivity contribution is -0.137. The average molecular weight is 826 g/mol. The van der Waals surface area contributed by atoms with Crippen molar-refractivity contribution in [3.63, 3.8) is 0 Å². The molecule has 4 unspecified atom stereocenters. The van der Waals surface area contributed by atoms with Crippen molar-refractivity contribution in [2.24, 2.45) is 29.6 Å². The van der Waals surface area contributed by atoms with Crippen molar-refractivity contribution in [3.05, 3.63) is 101 Å². The van der Waals surface area contributed by atoms with Crippen molar-refractivity contribution in [2.45, 2.75) is 28.8 Å². The van der Waals surface area contributed by atoms with E-state index in [0.29, 0.717) is 33.5 Å². The van der Waals surface area contributed by atoms with E-state index in [1.165, 1.54) is 30.0 Å². The molecule has 3 amide bonds. The van der Waals surface area contributed by atoms with Crippen LogP contribution in [0.5, 0.6) is 5.75 Å². The molecule has 2 aliphatic heterocycles. The largest absolute Gasteiger partial charge is 0.483 e. The number of aromatic nitrogens is 1. The van der Waals surface area contributed by atoms with Crippen molar-refractivity contribution >= 4 is 91.3 Å². The Labute approximate surface area is 308 Å². The summed E-state index contributed by atoms with van der Waals surface area (Å²) in [6.45, 7) is -0.351. The van der Waals surface area contributed by atoms with Gasteiger partial charge < -0.3 is 15.0 Å². The lowest BCUT2D eigenvalue weighted by atomic mass is 9.68. The minimum atomic E-state index is -4.64. The van der Waals surface area contributed by atoms with Crippen LogP contribution in [0.2, 0.25) is 10.0 Å². The third-order valence-electron chi connectivity index (χ3n) is 10.0. The molecule has 50 heavy (non-hydrogen) atoms. The van der Waals surface area contributed by atoms with Gasteiger partial charge in [0, 0.05) is 31.8 Å². The zero-order chi connectivity index (χ0) is 35.2. The third kappa shape index (κ3) is 5.58. The minimum Gasteiger partial charge on any atom is -0.483 e. The molecular formula is C34H23BrCl2F3N3O5S2. The van der Waals surface area contributed by atoms with Gasteiger partial charge in [-0.3, -0.25) is 24.1 Å². The smallest absolute Gasteiger partial charge is 0.416 e. The molecule has 8 rings (SSSR count). The molecule has 2 N–H and O–H groups in total. The molecule has 1 saturated heterocycles. The lowest BCUT2D eigenvalue weighted by Crippen LogP contribution is -2.42. The Balaban J connectivity index is 1.13. The maximum atomic E-state index is 14.1. The summed E-state index contributed by atoms with van der Waals surface area (Å²) in [5, 5.41) is 3.85. The number of halogens is 6. The number of fused-ring (bicyclic) bond motifs is 9. The highest BCUT2D eigenvalue weighted by Gasteiger charge is 2.70. The maximum absolute atomic E-state index is 14.1. The average Bonchev–Trinajstić information content (AvgIpc) is 3.80. The van der Waals surface area contributed by atoms with Gasteiger partial charge in [0.05, 0.1) is 38.2 Å². The highest BCUT2D eigenvalue weighted by Crippen LogP contribution is 2.69. The Hall–Kier alpha value is -3.30. The number of thioether (sulfide) groups is 1. The Bertz CT molecular complexity index is 2160. The normalized spacial score (nSPS) is 26.5. The Morgan fingerprint density at radius 2 is 1.76 bits per heavy atom. The Morgan fingerprint density at radius 1 is 1.00 bits per heavy atom. The van der Waals surface area contributed by atoms with Gasteiger partial charge in [-0.2, -0.15) is 13.2 Å². The van der Waals surface area contributed by atoms with Crippen molar-refractivity contribution < 1.29 is 32.3 Å². The molecule has 7 atom stereocenters. The number of thiazole rings is 1. The first-order valence-electron chi connectivity index (χ1n) is 15.4. The number of amides is 3. The van der Waals surface area contributed by atoms with Gasteiger partial charge in [-0.1, -0.05) is 56.5 Å². The number of rotatable bonds is 6. The van der Waals surface area contributed by atoms with E-state index in [1.54, 1.807) is 24.3 Å². The van der Waals surface area contributed by atoms with Gasteiger partial charge in [0.1, 0.15) is 5.75 Å². The van der Waals surface area contributed by atoms with Crippen LogP contribution in [0.25, 0.3) is 0 Å². The summed E-state index contributed by atoms with van der Waals surface area (Å²) in [6, 6.07) is 14.4. The molecule has 1 aromatic heterocycles. The van der Waals surface area contributed by atoms with E-state index in [9.17, 15) is 32.3 Å². The molecule has 3 fully saturated rings.